The highest BCUT2D eigenvalue weighted by molar-refractivity contribution is 5.51. The van der Waals surface area contributed by atoms with Crippen molar-refractivity contribution in [2.75, 3.05) is 14.2 Å². The predicted octanol–water partition coefficient (Wildman–Crippen LogP) is 2.38. The number of hydrogen-bond donors (Lipinski definition) is 1. The van der Waals surface area contributed by atoms with E-state index in [0.29, 0.717) is 5.75 Å². The molecule has 0 saturated carbocycles. The summed E-state index contributed by atoms with van der Waals surface area (Å²) in [6, 6.07) is 1.57. The number of aliphatic hydroxyl groups is 1. The van der Waals surface area contributed by atoms with Gasteiger partial charge in [0.2, 0.25) is 0 Å². The molecule has 0 bridgehead atoms. The summed E-state index contributed by atoms with van der Waals surface area (Å²) < 4.78 is 24.1. The summed E-state index contributed by atoms with van der Waals surface area (Å²) in [5.74, 6) is -0.204. The average Bonchev–Trinajstić information content (AvgIpc) is 2.18. The van der Waals surface area contributed by atoms with E-state index >= 15 is 0 Å². The van der Waals surface area contributed by atoms with Crippen molar-refractivity contribution in [2.45, 2.75) is 26.4 Å². The topological polar surface area (TPSA) is 38.7 Å². The van der Waals surface area contributed by atoms with Gasteiger partial charge in [-0.2, -0.15) is 0 Å². The summed E-state index contributed by atoms with van der Waals surface area (Å²) in [5.41, 5.74) is -0.338. The Labute approximate surface area is 94.8 Å². The van der Waals surface area contributed by atoms with Gasteiger partial charge in [-0.3, -0.25) is 0 Å². The summed E-state index contributed by atoms with van der Waals surface area (Å²) in [6.45, 7) is 4.82. The number of halogens is 1. The molecule has 4 heteroatoms. The summed E-state index contributed by atoms with van der Waals surface area (Å²) >= 11 is 0. The van der Waals surface area contributed by atoms with Crippen LogP contribution in [0.3, 0.4) is 0 Å². The van der Waals surface area contributed by atoms with Gasteiger partial charge in [0.15, 0.2) is 17.3 Å². The van der Waals surface area contributed by atoms with Crippen LogP contribution in [-0.2, 0) is 5.60 Å². The highest BCUT2D eigenvalue weighted by Gasteiger charge is 2.26. The van der Waals surface area contributed by atoms with E-state index in [0.717, 1.165) is 5.56 Å². The molecule has 0 radical (unpaired) electrons. The van der Waals surface area contributed by atoms with E-state index in [1.165, 1.54) is 28.1 Å². The van der Waals surface area contributed by atoms with Gasteiger partial charge in [-0.15, -0.1) is 0 Å². The molecular formula is C12H17FO3. The Morgan fingerprint density at radius 3 is 2.06 bits per heavy atom. The minimum Gasteiger partial charge on any atom is -0.492 e. The Hall–Kier alpha value is -1.29. The zero-order valence-corrected chi connectivity index (χ0v) is 10.2. The van der Waals surface area contributed by atoms with E-state index < -0.39 is 11.4 Å². The Morgan fingerprint density at radius 1 is 1.19 bits per heavy atom. The fourth-order valence-electron chi connectivity index (χ4n) is 1.63. The molecule has 1 rings (SSSR count). The molecule has 0 unspecified atom stereocenters. The van der Waals surface area contributed by atoms with Crippen molar-refractivity contribution in [2.24, 2.45) is 0 Å². The number of methoxy groups -OCH3 is 2. The molecule has 1 N–H and O–H groups in total. The van der Waals surface area contributed by atoms with Gasteiger partial charge in [0, 0.05) is 5.56 Å². The molecule has 16 heavy (non-hydrogen) atoms. The zero-order valence-electron chi connectivity index (χ0n) is 10.2. The number of rotatable bonds is 3. The van der Waals surface area contributed by atoms with Crippen molar-refractivity contribution in [3.8, 4) is 11.5 Å². The fraction of sp³-hybridized carbons (Fsp3) is 0.500. The first kappa shape index (κ1) is 12.8. The maximum absolute atomic E-state index is 14.0. The first-order chi connectivity index (χ1) is 7.32. The van der Waals surface area contributed by atoms with E-state index in [1.807, 2.05) is 0 Å². The molecule has 0 amide bonds. The molecule has 0 fully saturated rings. The predicted molar refractivity (Wildman–Crippen MR) is 59.5 cm³/mol. The van der Waals surface area contributed by atoms with Crippen LogP contribution < -0.4 is 9.47 Å². The third-order valence-electron chi connectivity index (χ3n) is 2.43. The number of aryl methyl sites for hydroxylation is 1. The first-order valence-corrected chi connectivity index (χ1v) is 4.96. The van der Waals surface area contributed by atoms with Crippen molar-refractivity contribution >= 4 is 0 Å². The number of benzene rings is 1. The van der Waals surface area contributed by atoms with Gasteiger partial charge in [-0.25, -0.2) is 4.39 Å². The largest absolute Gasteiger partial charge is 0.492 e. The van der Waals surface area contributed by atoms with Crippen molar-refractivity contribution < 1.29 is 19.0 Å². The molecule has 0 aliphatic heterocycles. The highest BCUT2D eigenvalue weighted by atomic mass is 19.1. The molecule has 0 aliphatic rings. The molecule has 0 saturated heterocycles. The van der Waals surface area contributed by atoms with Crippen LogP contribution in [0, 0.1) is 12.7 Å². The van der Waals surface area contributed by atoms with E-state index in [-0.39, 0.29) is 11.3 Å². The van der Waals surface area contributed by atoms with Gasteiger partial charge in [0.1, 0.15) is 0 Å². The summed E-state index contributed by atoms with van der Waals surface area (Å²) in [4.78, 5) is 0. The second-order valence-corrected chi connectivity index (χ2v) is 4.18. The SMILES string of the molecule is COc1c(C)cc(C(C)(C)O)c(F)c1OC. The molecule has 0 heterocycles. The zero-order chi connectivity index (χ0) is 12.5. The van der Waals surface area contributed by atoms with E-state index in [2.05, 4.69) is 0 Å². The molecule has 1 aromatic rings. The third-order valence-corrected chi connectivity index (χ3v) is 2.43. The molecule has 3 nitrogen and oxygen atoms in total. The normalized spacial score (nSPS) is 11.4. The Morgan fingerprint density at radius 2 is 1.69 bits per heavy atom. The Bertz CT molecular complexity index is 394. The molecule has 0 aromatic heterocycles. The van der Waals surface area contributed by atoms with Gasteiger partial charge in [-0.05, 0) is 32.4 Å². The van der Waals surface area contributed by atoms with Crippen LogP contribution in [0.25, 0.3) is 0 Å². The Balaban J connectivity index is 3.53. The molecule has 90 valence electrons. The van der Waals surface area contributed by atoms with Gasteiger partial charge in [0.25, 0.3) is 0 Å². The monoisotopic (exact) mass is 228 g/mol. The minimum absolute atomic E-state index is 0.0274. The molecule has 1 aromatic carbocycles. The fourth-order valence-corrected chi connectivity index (χ4v) is 1.63. The van der Waals surface area contributed by atoms with Crippen LogP contribution >= 0.6 is 0 Å². The highest BCUT2D eigenvalue weighted by Crippen LogP contribution is 2.38. The smallest absolute Gasteiger partial charge is 0.197 e. The second-order valence-electron chi connectivity index (χ2n) is 4.18. The van der Waals surface area contributed by atoms with Gasteiger partial charge in [-0.1, -0.05) is 0 Å². The van der Waals surface area contributed by atoms with Crippen molar-refractivity contribution in [1.29, 1.82) is 0 Å². The summed E-state index contributed by atoms with van der Waals surface area (Å²) in [6.07, 6.45) is 0. The lowest BCUT2D eigenvalue weighted by Gasteiger charge is -2.22. The number of hydrogen-bond acceptors (Lipinski definition) is 3. The van der Waals surface area contributed by atoms with E-state index in [1.54, 1.807) is 13.0 Å². The minimum atomic E-state index is -1.26. The van der Waals surface area contributed by atoms with Crippen molar-refractivity contribution in [3.63, 3.8) is 0 Å². The second kappa shape index (κ2) is 4.29. The first-order valence-electron chi connectivity index (χ1n) is 4.96. The van der Waals surface area contributed by atoms with Crippen molar-refractivity contribution in [1.82, 2.24) is 0 Å². The van der Waals surface area contributed by atoms with Gasteiger partial charge in [0.05, 0.1) is 19.8 Å². The Kier molecular flexibility index (Phi) is 3.43. The molecular weight excluding hydrogens is 211 g/mol. The lowest BCUT2D eigenvalue weighted by molar-refractivity contribution is 0.0737. The van der Waals surface area contributed by atoms with Gasteiger partial charge < -0.3 is 14.6 Å². The molecule has 0 aliphatic carbocycles. The van der Waals surface area contributed by atoms with Crippen molar-refractivity contribution in [3.05, 3.63) is 23.0 Å². The average molecular weight is 228 g/mol. The van der Waals surface area contributed by atoms with E-state index in [9.17, 15) is 9.50 Å². The maximum Gasteiger partial charge on any atom is 0.197 e. The van der Waals surface area contributed by atoms with Crippen LogP contribution in [0.5, 0.6) is 11.5 Å². The standard InChI is InChI=1S/C12H17FO3/c1-7-6-8(12(2,3)14)9(13)11(16-5)10(7)15-4/h6,14H,1-5H3. The van der Waals surface area contributed by atoms with Crippen LogP contribution in [-0.4, -0.2) is 19.3 Å². The quantitative estimate of drug-likeness (QED) is 0.863. The van der Waals surface area contributed by atoms with Gasteiger partial charge >= 0.3 is 0 Å². The lowest BCUT2D eigenvalue weighted by Crippen LogP contribution is -2.18. The lowest BCUT2D eigenvalue weighted by atomic mass is 9.95. The van der Waals surface area contributed by atoms with Crippen LogP contribution in [0.1, 0.15) is 25.0 Å². The summed E-state index contributed by atoms with van der Waals surface area (Å²) in [7, 11) is 2.82. The van der Waals surface area contributed by atoms with Crippen LogP contribution in [0.15, 0.2) is 6.07 Å². The molecule has 0 atom stereocenters. The third kappa shape index (κ3) is 2.11. The summed E-state index contributed by atoms with van der Waals surface area (Å²) in [5, 5.41) is 9.84. The maximum atomic E-state index is 14.0. The van der Waals surface area contributed by atoms with E-state index in [4.69, 9.17) is 9.47 Å². The van der Waals surface area contributed by atoms with Crippen LogP contribution in [0.4, 0.5) is 4.39 Å². The molecule has 0 spiro atoms. The van der Waals surface area contributed by atoms with Crippen LogP contribution in [0.2, 0.25) is 0 Å². The number of ether oxygens (including phenoxy) is 2.